The molecule has 8 N–H and O–H groups in total. The normalized spacial score (nSPS) is 11.8. The Balaban J connectivity index is 1.01. The number of hydrogen-bond donors (Lipinski definition) is 8. The summed E-state index contributed by atoms with van der Waals surface area (Å²) >= 11 is 0. The van der Waals surface area contributed by atoms with Crippen LogP contribution in [0.15, 0.2) is 154 Å². The maximum absolute atomic E-state index is 14.2. The number of aromatic nitrogens is 2. The van der Waals surface area contributed by atoms with Crippen molar-refractivity contribution in [2.24, 2.45) is 20.5 Å². The number of anilines is 8. The third-order valence-electron chi connectivity index (χ3n) is 13.0. The van der Waals surface area contributed by atoms with Crippen molar-refractivity contribution in [3.63, 3.8) is 0 Å². The topological polar surface area (TPSA) is 286 Å². The summed E-state index contributed by atoms with van der Waals surface area (Å²) in [7, 11) is 0. The molecule has 388 valence electrons. The van der Waals surface area contributed by atoms with Crippen LogP contribution in [0.2, 0.25) is 0 Å². The number of benzene rings is 6. The van der Waals surface area contributed by atoms with Gasteiger partial charge in [-0.2, -0.15) is 20.8 Å². The minimum atomic E-state index is -0.419. The van der Waals surface area contributed by atoms with Gasteiger partial charge in [0.1, 0.15) is 23.5 Å². The van der Waals surface area contributed by atoms with Gasteiger partial charge in [-0.15, -0.1) is 10.2 Å². The van der Waals surface area contributed by atoms with Crippen LogP contribution in [0.5, 0.6) is 0 Å². The molecular weight excluding hydrogens is 985 g/mol. The zero-order chi connectivity index (χ0) is 54.7. The number of ketones is 2. The molecule has 8 aromatic rings. The minimum Gasteiger partial charge on any atom is -0.396 e. The summed E-state index contributed by atoms with van der Waals surface area (Å²) in [6, 6.07) is 43.4. The Hall–Kier alpha value is -9.82. The van der Waals surface area contributed by atoms with Crippen molar-refractivity contribution in [1.29, 1.82) is 10.5 Å². The number of rotatable bonds is 20. The highest BCUT2D eigenvalue weighted by molar-refractivity contribution is 6.28. The van der Waals surface area contributed by atoms with Crippen molar-refractivity contribution < 1.29 is 30.0 Å². The van der Waals surface area contributed by atoms with E-state index in [0.29, 0.717) is 59.6 Å². The van der Waals surface area contributed by atoms with E-state index >= 15 is 0 Å². The summed E-state index contributed by atoms with van der Waals surface area (Å²) < 4.78 is 0. The summed E-state index contributed by atoms with van der Waals surface area (Å²) in [5.74, 6) is 0.248. The molecule has 1 aliphatic carbocycles. The van der Waals surface area contributed by atoms with E-state index in [9.17, 15) is 40.5 Å². The molecule has 0 radical (unpaired) electrons. The fourth-order valence-corrected chi connectivity index (χ4v) is 8.81. The first-order valence-electron chi connectivity index (χ1n) is 25.0. The minimum absolute atomic E-state index is 0.00260. The fraction of sp³-hybridized carbons (Fsp3) is 0.167. The Morgan fingerprint density at radius 1 is 0.410 bits per heavy atom. The molecule has 0 saturated carbocycles. The number of azo groups is 2. The molecule has 0 amide bonds. The van der Waals surface area contributed by atoms with Crippen molar-refractivity contribution in [3.05, 3.63) is 200 Å². The highest BCUT2D eigenvalue weighted by Crippen LogP contribution is 2.41. The van der Waals surface area contributed by atoms with Gasteiger partial charge in [0.2, 0.25) is 0 Å². The van der Waals surface area contributed by atoms with Crippen LogP contribution in [0.1, 0.15) is 76.4 Å². The lowest BCUT2D eigenvalue weighted by Crippen LogP contribution is -2.20. The lowest BCUT2D eigenvalue weighted by atomic mass is 9.83. The molecule has 1 aliphatic rings. The van der Waals surface area contributed by atoms with E-state index in [1.165, 1.54) is 24.3 Å². The van der Waals surface area contributed by atoms with E-state index in [0.717, 1.165) is 22.3 Å². The van der Waals surface area contributed by atoms with E-state index in [-0.39, 0.29) is 106 Å². The maximum atomic E-state index is 14.2. The first kappa shape index (κ1) is 53.0. The van der Waals surface area contributed by atoms with E-state index in [1.54, 1.807) is 26.0 Å². The number of hydrogen-bond acceptors (Lipinski definition) is 18. The molecule has 6 aromatic carbocycles. The van der Waals surface area contributed by atoms with Gasteiger partial charge in [0, 0.05) is 82.6 Å². The Labute approximate surface area is 449 Å². The second-order valence-electron chi connectivity index (χ2n) is 18.2. The van der Waals surface area contributed by atoms with Crippen LogP contribution >= 0.6 is 0 Å². The van der Waals surface area contributed by atoms with Gasteiger partial charge in [0.25, 0.3) is 0 Å². The highest BCUT2D eigenvalue weighted by Gasteiger charge is 2.31. The molecule has 0 spiro atoms. The average molecular weight is 1040 g/mol. The molecule has 0 aliphatic heterocycles. The molecule has 0 saturated heterocycles. The number of aliphatic hydroxyl groups is 4. The fourth-order valence-electron chi connectivity index (χ4n) is 8.81. The van der Waals surface area contributed by atoms with Gasteiger partial charge >= 0.3 is 0 Å². The van der Waals surface area contributed by atoms with E-state index in [4.69, 9.17) is 9.97 Å². The highest BCUT2D eigenvalue weighted by atomic mass is 16.3. The molecule has 18 nitrogen and oxygen atoms in total. The van der Waals surface area contributed by atoms with E-state index in [1.807, 2.05) is 97.1 Å². The number of nitriles is 2. The second-order valence-corrected chi connectivity index (χ2v) is 18.2. The number of pyridine rings is 2. The first-order chi connectivity index (χ1) is 38.0. The van der Waals surface area contributed by atoms with Gasteiger partial charge in [-0.3, -0.25) is 9.59 Å². The predicted molar refractivity (Wildman–Crippen MR) is 298 cm³/mol. The zero-order valence-corrected chi connectivity index (χ0v) is 42.5. The van der Waals surface area contributed by atoms with Crippen LogP contribution in [0.25, 0.3) is 0 Å². The Bertz CT molecular complexity index is 3460. The number of carbonyl (C=O) groups is 2. The number of fused-ring (bicyclic) bond motifs is 2. The third-order valence-corrected chi connectivity index (χ3v) is 13.0. The molecular formula is C60H52N12O6. The number of nitrogens with one attached hydrogen (secondary N) is 4. The van der Waals surface area contributed by atoms with Crippen LogP contribution < -0.4 is 21.3 Å². The molecule has 0 atom stereocenters. The molecule has 0 bridgehead atoms. The monoisotopic (exact) mass is 1040 g/mol. The van der Waals surface area contributed by atoms with Crippen LogP contribution in [-0.2, 0) is 25.7 Å². The van der Waals surface area contributed by atoms with Crippen LogP contribution in [0, 0.1) is 36.5 Å². The second kappa shape index (κ2) is 24.2. The van der Waals surface area contributed by atoms with Crippen molar-refractivity contribution in [2.45, 2.75) is 39.5 Å². The van der Waals surface area contributed by atoms with Gasteiger partial charge < -0.3 is 41.7 Å². The number of nitrogens with zero attached hydrogens (tertiary/aromatic N) is 8. The molecule has 18 heteroatoms. The van der Waals surface area contributed by atoms with Gasteiger partial charge in [-0.25, -0.2) is 9.97 Å². The summed E-state index contributed by atoms with van der Waals surface area (Å²) in [4.78, 5) is 38.1. The molecule has 0 unspecified atom stereocenters. The average Bonchev–Trinajstić information content (AvgIpc) is 3.50. The third kappa shape index (κ3) is 11.8. The SMILES string of the molecule is Cc1c(C#N)c(Nc2ccc(CCO)cc2)nc(Nc2ccc(CCO)cc2)c1N=Nc1ccc2c(c1)C(=O)c1ccc(N=Nc3c(Nc4ccc(CCO)cc4)nc(Nc4ccc(CCO)cc4)c(C#N)c3C)cc1C2=O. The predicted octanol–water partition coefficient (Wildman–Crippen LogP) is 11.6. The molecule has 2 heterocycles. The number of aliphatic hydroxyl groups excluding tert-OH is 4. The van der Waals surface area contributed by atoms with Crippen molar-refractivity contribution >= 4 is 80.3 Å². The van der Waals surface area contributed by atoms with Crippen molar-refractivity contribution in [1.82, 2.24) is 9.97 Å². The van der Waals surface area contributed by atoms with Gasteiger partial charge in [0.05, 0.1) is 22.5 Å². The summed E-state index contributed by atoms with van der Waals surface area (Å²) in [5, 5.41) is 89.8. The van der Waals surface area contributed by atoms with E-state index < -0.39 is 11.6 Å². The Morgan fingerprint density at radius 2 is 0.705 bits per heavy atom. The first-order valence-corrected chi connectivity index (χ1v) is 25.0. The van der Waals surface area contributed by atoms with Gasteiger partial charge in [-0.1, -0.05) is 48.5 Å². The van der Waals surface area contributed by atoms with Crippen LogP contribution in [0.4, 0.5) is 68.8 Å². The quantitative estimate of drug-likeness (QED) is 0.0330. The molecule has 78 heavy (non-hydrogen) atoms. The van der Waals surface area contributed by atoms with Crippen LogP contribution in [0.3, 0.4) is 0 Å². The van der Waals surface area contributed by atoms with Gasteiger partial charge in [0.15, 0.2) is 34.8 Å². The lowest BCUT2D eigenvalue weighted by Gasteiger charge is -2.18. The zero-order valence-electron chi connectivity index (χ0n) is 42.5. The Kier molecular flexibility index (Phi) is 16.5. The molecule has 2 aromatic heterocycles. The largest absolute Gasteiger partial charge is 0.396 e. The smallest absolute Gasteiger partial charge is 0.194 e. The van der Waals surface area contributed by atoms with Crippen molar-refractivity contribution in [2.75, 3.05) is 47.7 Å². The van der Waals surface area contributed by atoms with Crippen LogP contribution in [-0.4, -0.2) is 68.4 Å². The van der Waals surface area contributed by atoms with Gasteiger partial charge in [-0.05, 0) is 147 Å². The maximum Gasteiger partial charge on any atom is 0.194 e. The molecule has 0 fully saturated rings. The summed E-state index contributed by atoms with van der Waals surface area (Å²) in [5.41, 5.74) is 9.33. The summed E-state index contributed by atoms with van der Waals surface area (Å²) in [6.07, 6.45) is 1.97. The summed E-state index contributed by atoms with van der Waals surface area (Å²) in [6.45, 7) is 3.50. The lowest BCUT2D eigenvalue weighted by molar-refractivity contribution is 0.0979. The standard InChI is InChI=1S/C60H52N12O6/c1-35-51(33-61)57(63-41-11-3-37(4-12-41)23-27-73)67-59(65-43-15-7-39(8-16-43)25-29-75)53(35)71-69-45-19-21-47-49(31-45)55(77)48-22-20-46(32-50(48)56(47)78)70-72-54-36(2)52(34-62)58(64-42-13-5-38(6-14-42)24-28-74)68-60(54)66-44-17-9-40(10-18-44)26-30-76/h3-22,31-32,73-76H,23-30H2,1-2H3,(H2,63,65,67)(H2,64,66,68). The molecule has 9 rings (SSSR count). The Morgan fingerprint density at radius 3 is 0.987 bits per heavy atom. The van der Waals surface area contributed by atoms with Crippen molar-refractivity contribution in [3.8, 4) is 12.1 Å². The van der Waals surface area contributed by atoms with E-state index in [2.05, 4.69) is 53.9 Å². The number of carbonyl (C=O) groups excluding carboxylic acids is 2.